The average molecular weight is 364 g/mol. The van der Waals surface area contributed by atoms with Crippen molar-refractivity contribution in [1.29, 1.82) is 0 Å². The molecule has 1 aromatic carbocycles. The quantitative estimate of drug-likeness (QED) is 0.664. The van der Waals surface area contributed by atoms with Crippen molar-refractivity contribution in [2.45, 2.75) is 39.7 Å². The van der Waals surface area contributed by atoms with Gasteiger partial charge in [-0.1, -0.05) is 31.5 Å². The topological polar surface area (TPSA) is 87.6 Å². The van der Waals surface area contributed by atoms with Crippen LogP contribution >= 0.6 is 0 Å². The Bertz CT molecular complexity index is 967. The number of hydrogen-bond donors (Lipinski definition) is 3. The molecule has 2 aromatic heterocycles. The summed E-state index contributed by atoms with van der Waals surface area (Å²) in [7, 11) is 0. The molecule has 140 valence electrons. The molecule has 27 heavy (non-hydrogen) atoms. The average Bonchev–Trinajstić information content (AvgIpc) is 3.27. The van der Waals surface area contributed by atoms with Crippen molar-refractivity contribution >= 4 is 11.7 Å². The van der Waals surface area contributed by atoms with E-state index in [0.717, 1.165) is 35.6 Å². The van der Waals surface area contributed by atoms with Gasteiger partial charge in [-0.25, -0.2) is 4.68 Å². The Hall–Kier alpha value is -2.93. The number of benzene rings is 1. The van der Waals surface area contributed by atoms with Crippen molar-refractivity contribution in [3.05, 3.63) is 58.5 Å². The molecule has 1 aliphatic heterocycles. The lowest BCUT2D eigenvalue weighted by Crippen LogP contribution is -2.25. The summed E-state index contributed by atoms with van der Waals surface area (Å²) in [5.41, 5.74) is 5.44. The van der Waals surface area contributed by atoms with Gasteiger partial charge in [0, 0.05) is 36.8 Å². The Morgan fingerprint density at radius 1 is 1.26 bits per heavy atom. The monoisotopic (exact) mass is 364 g/mol. The lowest BCUT2D eigenvalue weighted by molar-refractivity contribution is 0.102. The van der Waals surface area contributed by atoms with Gasteiger partial charge in [0.1, 0.15) is 5.82 Å². The van der Waals surface area contributed by atoms with E-state index in [1.54, 1.807) is 4.68 Å². The smallest absolute Gasteiger partial charge is 0.277 e. The van der Waals surface area contributed by atoms with Crippen LogP contribution in [0.25, 0.3) is 5.69 Å². The number of H-pyrrole nitrogens is 1. The normalized spacial score (nSPS) is 13.6. The number of hydrogen-bond acceptors (Lipinski definition) is 4. The third-order valence-corrected chi connectivity index (χ3v) is 4.86. The summed E-state index contributed by atoms with van der Waals surface area (Å²) in [4.78, 5) is 12.9. The van der Waals surface area contributed by atoms with Crippen LogP contribution in [-0.2, 0) is 13.0 Å². The zero-order valence-corrected chi connectivity index (χ0v) is 15.8. The van der Waals surface area contributed by atoms with E-state index in [1.165, 1.54) is 5.56 Å². The summed E-state index contributed by atoms with van der Waals surface area (Å²) in [5.74, 6) is 0.683. The summed E-state index contributed by atoms with van der Waals surface area (Å²) >= 11 is 0. The van der Waals surface area contributed by atoms with Crippen LogP contribution in [0.1, 0.15) is 52.8 Å². The van der Waals surface area contributed by atoms with Gasteiger partial charge in [-0.2, -0.15) is 10.2 Å². The van der Waals surface area contributed by atoms with Crippen molar-refractivity contribution in [1.82, 2.24) is 25.3 Å². The molecule has 7 heteroatoms. The number of fused-ring (bicyclic) bond motifs is 1. The van der Waals surface area contributed by atoms with Crippen molar-refractivity contribution in [2.75, 3.05) is 11.9 Å². The van der Waals surface area contributed by atoms with Gasteiger partial charge in [-0.3, -0.25) is 9.89 Å². The molecular formula is C20H24N6O. The largest absolute Gasteiger partial charge is 0.312 e. The van der Waals surface area contributed by atoms with Gasteiger partial charge in [-0.05, 0) is 25.0 Å². The Kier molecular flexibility index (Phi) is 4.53. The van der Waals surface area contributed by atoms with Crippen LogP contribution in [0.3, 0.4) is 0 Å². The van der Waals surface area contributed by atoms with Gasteiger partial charge >= 0.3 is 0 Å². The van der Waals surface area contributed by atoms with Crippen LogP contribution in [0.15, 0.2) is 30.3 Å². The maximum absolute atomic E-state index is 12.9. The Balaban J connectivity index is 1.67. The number of amides is 1. The van der Waals surface area contributed by atoms with Crippen molar-refractivity contribution < 1.29 is 4.79 Å². The number of nitrogens with zero attached hydrogens (tertiary/aromatic N) is 3. The fourth-order valence-electron chi connectivity index (χ4n) is 3.24. The Morgan fingerprint density at radius 2 is 2.04 bits per heavy atom. The molecule has 4 rings (SSSR count). The summed E-state index contributed by atoms with van der Waals surface area (Å²) in [6.07, 6.45) is 0.856. The second kappa shape index (κ2) is 7.00. The molecule has 3 heterocycles. The molecular weight excluding hydrogens is 340 g/mol. The zero-order valence-electron chi connectivity index (χ0n) is 15.8. The van der Waals surface area contributed by atoms with Crippen LogP contribution in [0.5, 0.6) is 0 Å². The van der Waals surface area contributed by atoms with Crippen LogP contribution in [-0.4, -0.2) is 32.4 Å². The molecule has 3 aromatic rings. The maximum atomic E-state index is 12.9. The molecule has 0 radical (unpaired) electrons. The molecule has 1 aliphatic rings. The van der Waals surface area contributed by atoms with Crippen molar-refractivity contribution in [3.63, 3.8) is 0 Å². The summed E-state index contributed by atoms with van der Waals surface area (Å²) in [6.45, 7) is 7.77. The number of anilines is 1. The van der Waals surface area contributed by atoms with Crippen LogP contribution in [0, 0.1) is 6.92 Å². The van der Waals surface area contributed by atoms with Crippen molar-refractivity contribution in [2.24, 2.45) is 0 Å². The zero-order chi connectivity index (χ0) is 19.0. The molecule has 0 fully saturated rings. The number of aryl methyl sites for hydroxylation is 1. The lowest BCUT2D eigenvalue weighted by atomic mass is 10.1. The molecule has 0 bridgehead atoms. The van der Waals surface area contributed by atoms with Gasteiger partial charge in [0.05, 0.1) is 11.4 Å². The highest BCUT2D eigenvalue weighted by molar-refractivity contribution is 6.03. The fraction of sp³-hybridized carbons (Fsp3) is 0.350. The standard InChI is InChI=1S/C20H24N6O/c1-12(2)17-10-18(26(25-17)14-6-4-13(3)5-7-14)22-20(27)19-15-11-21-9-8-16(15)23-24-19/h4-7,10,12,21H,8-9,11H2,1-3H3,(H,22,27)(H,23,24). The first-order valence-corrected chi connectivity index (χ1v) is 9.28. The minimum atomic E-state index is -0.222. The fourth-order valence-corrected chi connectivity index (χ4v) is 3.24. The van der Waals surface area contributed by atoms with E-state index in [-0.39, 0.29) is 11.8 Å². The maximum Gasteiger partial charge on any atom is 0.277 e. The minimum Gasteiger partial charge on any atom is -0.312 e. The van der Waals surface area contributed by atoms with Gasteiger partial charge in [0.25, 0.3) is 5.91 Å². The van der Waals surface area contributed by atoms with Gasteiger partial charge in [-0.15, -0.1) is 0 Å². The van der Waals surface area contributed by atoms with Crippen LogP contribution in [0.2, 0.25) is 0 Å². The number of carbonyl (C=O) groups is 1. The number of rotatable bonds is 4. The highest BCUT2D eigenvalue weighted by atomic mass is 16.2. The highest BCUT2D eigenvalue weighted by Crippen LogP contribution is 2.24. The van der Waals surface area contributed by atoms with E-state index in [2.05, 4.69) is 34.7 Å². The van der Waals surface area contributed by atoms with Gasteiger partial charge < -0.3 is 10.6 Å². The highest BCUT2D eigenvalue weighted by Gasteiger charge is 2.23. The van der Waals surface area contributed by atoms with Gasteiger partial charge in [0.2, 0.25) is 0 Å². The van der Waals surface area contributed by atoms with E-state index >= 15 is 0 Å². The van der Waals surface area contributed by atoms with Crippen LogP contribution < -0.4 is 10.6 Å². The second-order valence-corrected chi connectivity index (χ2v) is 7.27. The van der Waals surface area contributed by atoms with Crippen LogP contribution in [0.4, 0.5) is 5.82 Å². The van der Waals surface area contributed by atoms with Gasteiger partial charge in [0.15, 0.2) is 5.69 Å². The number of carbonyl (C=O) groups excluding carboxylic acids is 1. The molecule has 0 saturated heterocycles. The van der Waals surface area contributed by atoms with E-state index < -0.39 is 0 Å². The predicted molar refractivity (Wildman–Crippen MR) is 104 cm³/mol. The van der Waals surface area contributed by atoms with E-state index in [9.17, 15) is 4.79 Å². The SMILES string of the molecule is Cc1ccc(-n2nc(C(C)C)cc2NC(=O)c2n[nH]c3c2CNCC3)cc1. The van der Waals surface area contributed by atoms with E-state index in [4.69, 9.17) is 5.10 Å². The minimum absolute atomic E-state index is 0.222. The lowest BCUT2D eigenvalue weighted by Gasteiger charge is -2.13. The molecule has 0 spiro atoms. The molecule has 3 N–H and O–H groups in total. The second-order valence-electron chi connectivity index (χ2n) is 7.27. The molecule has 0 atom stereocenters. The van der Waals surface area contributed by atoms with E-state index in [0.29, 0.717) is 18.1 Å². The Labute approximate surface area is 158 Å². The molecule has 0 aliphatic carbocycles. The number of nitrogens with one attached hydrogen (secondary N) is 3. The first kappa shape index (κ1) is 17.5. The summed E-state index contributed by atoms with van der Waals surface area (Å²) < 4.78 is 1.78. The first-order valence-electron chi connectivity index (χ1n) is 9.28. The number of aromatic nitrogens is 4. The van der Waals surface area contributed by atoms with E-state index in [1.807, 2.05) is 37.3 Å². The number of aromatic amines is 1. The first-order chi connectivity index (χ1) is 13.0. The Morgan fingerprint density at radius 3 is 2.78 bits per heavy atom. The molecule has 0 saturated carbocycles. The third kappa shape index (κ3) is 3.38. The summed E-state index contributed by atoms with van der Waals surface area (Å²) in [6, 6.07) is 10.0. The molecule has 0 unspecified atom stereocenters. The van der Waals surface area contributed by atoms with Crippen molar-refractivity contribution in [3.8, 4) is 5.69 Å². The third-order valence-electron chi connectivity index (χ3n) is 4.86. The predicted octanol–water partition coefficient (Wildman–Crippen LogP) is 2.93. The molecule has 1 amide bonds. The molecule has 7 nitrogen and oxygen atoms in total. The summed E-state index contributed by atoms with van der Waals surface area (Å²) in [5, 5.41) is 18.2.